The molecule has 0 spiro atoms. The van der Waals surface area contributed by atoms with Crippen molar-refractivity contribution in [3.05, 3.63) is 29.6 Å². The van der Waals surface area contributed by atoms with Gasteiger partial charge in [0.1, 0.15) is 0 Å². The van der Waals surface area contributed by atoms with E-state index in [0.29, 0.717) is 18.5 Å². The zero-order valence-electron chi connectivity index (χ0n) is 7.18. The second-order valence-corrected chi connectivity index (χ2v) is 3.54. The van der Waals surface area contributed by atoms with Crippen LogP contribution in [0, 0.1) is 6.92 Å². The number of hydrogen-bond donors (Lipinski definition) is 0. The van der Waals surface area contributed by atoms with E-state index in [0.717, 1.165) is 12.0 Å². The van der Waals surface area contributed by atoms with Gasteiger partial charge in [-0.05, 0) is 43.9 Å². The smallest absolute Gasteiger partial charge is 0.152 e. The Morgan fingerprint density at radius 1 is 1.50 bits per heavy atom. The molecule has 0 radical (unpaired) electrons. The molecule has 1 aromatic heterocycles. The number of alkyl halides is 1. The zero-order valence-corrected chi connectivity index (χ0v) is 7.18. The maximum atomic E-state index is 13.8. The van der Waals surface area contributed by atoms with E-state index in [1.165, 1.54) is 0 Å². The van der Waals surface area contributed by atoms with Crippen LogP contribution in [0.25, 0.3) is 0 Å². The normalized spacial score (nSPS) is 20.2. The third-order valence-electron chi connectivity index (χ3n) is 2.52. The highest BCUT2D eigenvalue weighted by molar-refractivity contribution is 5.21. The van der Waals surface area contributed by atoms with Gasteiger partial charge in [0, 0.05) is 6.20 Å². The van der Waals surface area contributed by atoms with Crippen molar-refractivity contribution in [2.24, 2.45) is 0 Å². The summed E-state index contributed by atoms with van der Waals surface area (Å²) in [6.45, 7) is 1.97. The summed E-state index contributed by atoms with van der Waals surface area (Å²) in [6.07, 6.45) is 3.96. The van der Waals surface area contributed by atoms with Crippen LogP contribution < -0.4 is 0 Å². The third kappa shape index (κ3) is 1.11. The quantitative estimate of drug-likeness (QED) is 0.623. The van der Waals surface area contributed by atoms with Gasteiger partial charge in [0.25, 0.3) is 0 Å². The van der Waals surface area contributed by atoms with Crippen molar-refractivity contribution in [1.82, 2.24) is 4.98 Å². The number of hydrogen-bond acceptors (Lipinski definition) is 1. The Labute approximate surface area is 71.6 Å². The molecule has 0 aliphatic heterocycles. The van der Waals surface area contributed by atoms with E-state index in [4.69, 9.17) is 0 Å². The first-order valence-corrected chi connectivity index (χ1v) is 4.33. The van der Waals surface area contributed by atoms with Gasteiger partial charge in [0.2, 0.25) is 0 Å². The van der Waals surface area contributed by atoms with Crippen molar-refractivity contribution < 1.29 is 4.39 Å². The van der Waals surface area contributed by atoms with Crippen LogP contribution in [0.15, 0.2) is 18.3 Å². The molecule has 2 rings (SSSR count). The molecule has 0 saturated heterocycles. The molecule has 64 valence electrons. The number of halogens is 1. The SMILES string of the molecule is Cc1ccnc(C2(F)CCC2)c1. The van der Waals surface area contributed by atoms with E-state index < -0.39 is 5.67 Å². The molecule has 0 N–H and O–H groups in total. The minimum Gasteiger partial charge on any atom is -0.258 e. The van der Waals surface area contributed by atoms with Crippen LogP contribution in [-0.4, -0.2) is 4.98 Å². The van der Waals surface area contributed by atoms with Gasteiger partial charge in [0.05, 0.1) is 5.69 Å². The average Bonchev–Trinajstić information content (AvgIpc) is 2.00. The van der Waals surface area contributed by atoms with Crippen LogP contribution in [0.2, 0.25) is 0 Å². The molecule has 1 heterocycles. The number of pyridine rings is 1. The van der Waals surface area contributed by atoms with E-state index in [-0.39, 0.29) is 0 Å². The summed E-state index contributed by atoms with van der Waals surface area (Å²) < 4.78 is 13.8. The lowest BCUT2D eigenvalue weighted by Crippen LogP contribution is -2.29. The fraction of sp³-hybridized carbons (Fsp3) is 0.500. The van der Waals surface area contributed by atoms with Gasteiger partial charge in [-0.15, -0.1) is 0 Å². The first-order chi connectivity index (χ1) is 5.71. The van der Waals surface area contributed by atoms with Crippen LogP contribution in [0.1, 0.15) is 30.5 Å². The van der Waals surface area contributed by atoms with Crippen LogP contribution in [0.5, 0.6) is 0 Å². The molecule has 0 aromatic carbocycles. The Balaban J connectivity index is 2.33. The van der Waals surface area contributed by atoms with Crippen molar-refractivity contribution in [3.8, 4) is 0 Å². The summed E-state index contributed by atoms with van der Waals surface area (Å²) in [5.74, 6) is 0. The fourth-order valence-electron chi connectivity index (χ4n) is 1.52. The largest absolute Gasteiger partial charge is 0.258 e. The Morgan fingerprint density at radius 3 is 2.75 bits per heavy atom. The Kier molecular flexibility index (Phi) is 1.63. The van der Waals surface area contributed by atoms with Crippen LogP contribution >= 0.6 is 0 Å². The lowest BCUT2D eigenvalue weighted by Gasteiger charge is -2.33. The monoisotopic (exact) mass is 165 g/mol. The molecule has 1 aliphatic rings. The molecule has 1 aromatic rings. The van der Waals surface area contributed by atoms with Gasteiger partial charge in [-0.3, -0.25) is 4.98 Å². The van der Waals surface area contributed by atoms with Crippen molar-refractivity contribution in [2.75, 3.05) is 0 Å². The third-order valence-corrected chi connectivity index (χ3v) is 2.52. The highest BCUT2D eigenvalue weighted by atomic mass is 19.1. The molecule has 0 amide bonds. The predicted molar refractivity (Wildman–Crippen MR) is 45.6 cm³/mol. The summed E-state index contributed by atoms with van der Waals surface area (Å²) in [6, 6.07) is 3.74. The molecule has 0 atom stereocenters. The summed E-state index contributed by atoms with van der Waals surface area (Å²) in [4.78, 5) is 4.06. The lowest BCUT2D eigenvalue weighted by molar-refractivity contribution is 0.0559. The summed E-state index contributed by atoms with van der Waals surface area (Å²) >= 11 is 0. The summed E-state index contributed by atoms with van der Waals surface area (Å²) in [7, 11) is 0. The maximum absolute atomic E-state index is 13.8. The lowest BCUT2D eigenvalue weighted by atomic mass is 9.79. The highest BCUT2D eigenvalue weighted by Crippen LogP contribution is 2.43. The minimum atomic E-state index is -1.11. The summed E-state index contributed by atoms with van der Waals surface area (Å²) in [5, 5.41) is 0. The van der Waals surface area contributed by atoms with E-state index in [9.17, 15) is 4.39 Å². The van der Waals surface area contributed by atoms with Crippen LogP contribution in [0.4, 0.5) is 4.39 Å². The topological polar surface area (TPSA) is 12.9 Å². The predicted octanol–water partition coefficient (Wildman–Crippen LogP) is 2.74. The molecule has 2 heteroatoms. The molecule has 1 nitrogen and oxygen atoms in total. The number of aryl methyl sites for hydroxylation is 1. The van der Waals surface area contributed by atoms with Crippen LogP contribution in [-0.2, 0) is 5.67 Å². The molecular formula is C10H12FN. The van der Waals surface area contributed by atoms with Gasteiger partial charge in [-0.1, -0.05) is 0 Å². The molecular weight excluding hydrogens is 153 g/mol. The Hall–Kier alpha value is -0.920. The van der Waals surface area contributed by atoms with E-state index >= 15 is 0 Å². The first kappa shape index (κ1) is 7.71. The van der Waals surface area contributed by atoms with Gasteiger partial charge < -0.3 is 0 Å². The van der Waals surface area contributed by atoms with Crippen molar-refractivity contribution >= 4 is 0 Å². The second-order valence-electron chi connectivity index (χ2n) is 3.54. The zero-order chi connectivity index (χ0) is 8.60. The molecule has 0 bridgehead atoms. The van der Waals surface area contributed by atoms with Crippen molar-refractivity contribution in [1.29, 1.82) is 0 Å². The van der Waals surface area contributed by atoms with Gasteiger partial charge in [-0.2, -0.15) is 0 Å². The molecule has 1 aliphatic carbocycles. The standard InChI is InChI=1S/C10H12FN/c1-8-3-6-12-9(7-8)10(11)4-2-5-10/h3,6-7H,2,4-5H2,1H3. The Bertz CT molecular complexity index is 292. The maximum Gasteiger partial charge on any atom is 0.152 e. The fourth-order valence-corrected chi connectivity index (χ4v) is 1.52. The molecule has 1 fully saturated rings. The summed E-state index contributed by atoms with van der Waals surface area (Å²) in [5.41, 5.74) is 0.601. The minimum absolute atomic E-state index is 0.619. The van der Waals surface area contributed by atoms with E-state index in [1.807, 2.05) is 19.1 Å². The molecule has 1 saturated carbocycles. The van der Waals surface area contributed by atoms with Crippen molar-refractivity contribution in [3.63, 3.8) is 0 Å². The number of nitrogens with zero attached hydrogens (tertiary/aromatic N) is 1. The van der Waals surface area contributed by atoms with Gasteiger partial charge >= 0.3 is 0 Å². The van der Waals surface area contributed by atoms with Gasteiger partial charge in [-0.25, -0.2) is 4.39 Å². The molecule has 0 unspecified atom stereocenters. The van der Waals surface area contributed by atoms with Gasteiger partial charge in [0.15, 0.2) is 5.67 Å². The second kappa shape index (κ2) is 2.54. The number of rotatable bonds is 1. The number of aromatic nitrogens is 1. The van der Waals surface area contributed by atoms with Crippen molar-refractivity contribution in [2.45, 2.75) is 31.9 Å². The molecule has 12 heavy (non-hydrogen) atoms. The van der Waals surface area contributed by atoms with Crippen LogP contribution in [0.3, 0.4) is 0 Å². The first-order valence-electron chi connectivity index (χ1n) is 4.33. The highest BCUT2D eigenvalue weighted by Gasteiger charge is 2.39. The van der Waals surface area contributed by atoms with E-state index in [2.05, 4.69) is 4.98 Å². The Morgan fingerprint density at radius 2 is 2.25 bits per heavy atom. The van der Waals surface area contributed by atoms with E-state index in [1.54, 1.807) is 6.20 Å². The average molecular weight is 165 g/mol.